The van der Waals surface area contributed by atoms with Crippen molar-refractivity contribution in [1.82, 2.24) is 5.32 Å². The maximum atomic E-state index is 12.7. The molecule has 0 saturated carbocycles. The minimum Gasteiger partial charge on any atom is -0.376 e. The molecule has 0 aliphatic carbocycles. The molecule has 1 fully saturated rings. The Hall–Kier alpha value is -1.26. The van der Waals surface area contributed by atoms with Gasteiger partial charge in [0.15, 0.2) is 0 Å². The Bertz CT molecular complexity index is 522. The van der Waals surface area contributed by atoms with Gasteiger partial charge in [0.1, 0.15) is 0 Å². The first kappa shape index (κ1) is 16.1. The standard InChI is InChI=1S/C16H24ClN3O/c1-11(2)16(7-8-18-10-16)15(21)19-12-5-6-14(20(3)4)13(17)9-12/h5-6,9,11,18H,7-8,10H2,1-4H3,(H,19,21). The predicted molar refractivity (Wildman–Crippen MR) is 89.2 cm³/mol. The van der Waals surface area contributed by atoms with Gasteiger partial charge in [-0.25, -0.2) is 0 Å². The molecule has 1 aliphatic heterocycles. The van der Waals surface area contributed by atoms with Gasteiger partial charge in [-0.1, -0.05) is 25.4 Å². The van der Waals surface area contributed by atoms with Gasteiger partial charge in [0.25, 0.3) is 0 Å². The number of hydrogen-bond acceptors (Lipinski definition) is 3. The molecule has 5 heteroatoms. The van der Waals surface area contributed by atoms with Gasteiger partial charge in [0.05, 0.1) is 16.1 Å². The van der Waals surface area contributed by atoms with Gasteiger partial charge in [-0.3, -0.25) is 4.79 Å². The topological polar surface area (TPSA) is 44.4 Å². The number of anilines is 2. The number of amides is 1. The van der Waals surface area contributed by atoms with Crippen LogP contribution in [0.1, 0.15) is 20.3 Å². The molecule has 1 unspecified atom stereocenters. The second-order valence-electron chi connectivity index (χ2n) is 6.25. The summed E-state index contributed by atoms with van der Waals surface area (Å²) in [6.45, 7) is 5.84. The van der Waals surface area contributed by atoms with Gasteiger partial charge in [-0.2, -0.15) is 0 Å². The fraction of sp³-hybridized carbons (Fsp3) is 0.562. The van der Waals surface area contributed by atoms with E-state index < -0.39 is 0 Å². The van der Waals surface area contributed by atoms with Gasteiger partial charge < -0.3 is 15.5 Å². The monoisotopic (exact) mass is 309 g/mol. The van der Waals surface area contributed by atoms with Crippen LogP contribution in [0.2, 0.25) is 5.02 Å². The molecule has 1 aromatic carbocycles. The predicted octanol–water partition coefficient (Wildman–Crippen LogP) is 2.98. The van der Waals surface area contributed by atoms with Crippen molar-refractivity contribution in [3.63, 3.8) is 0 Å². The molecule has 116 valence electrons. The molecule has 1 heterocycles. The highest BCUT2D eigenvalue weighted by Gasteiger charge is 2.43. The highest BCUT2D eigenvalue weighted by Crippen LogP contribution is 2.36. The van der Waals surface area contributed by atoms with E-state index in [0.717, 1.165) is 30.9 Å². The lowest BCUT2D eigenvalue weighted by Gasteiger charge is -2.31. The van der Waals surface area contributed by atoms with Crippen LogP contribution in [-0.2, 0) is 4.79 Å². The Morgan fingerprint density at radius 3 is 2.62 bits per heavy atom. The van der Waals surface area contributed by atoms with Gasteiger partial charge in [-0.15, -0.1) is 0 Å². The van der Waals surface area contributed by atoms with E-state index in [-0.39, 0.29) is 11.3 Å². The SMILES string of the molecule is CC(C)C1(C(=O)Nc2ccc(N(C)C)c(Cl)c2)CCNC1. The van der Waals surface area contributed by atoms with Crippen LogP contribution in [0.25, 0.3) is 0 Å². The minimum atomic E-state index is -0.327. The Labute approximate surface area is 131 Å². The van der Waals surface area contributed by atoms with E-state index in [4.69, 9.17) is 11.6 Å². The van der Waals surface area contributed by atoms with Crippen molar-refractivity contribution < 1.29 is 4.79 Å². The molecule has 0 radical (unpaired) electrons. The van der Waals surface area contributed by atoms with E-state index in [0.29, 0.717) is 10.9 Å². The van der Waals surface area contributed by atoms with Crippen molar-refractivity contribution in [2.75, 3.05) is 37.4 Å². The van der Waals surface area contributed by atoms with Crippen LogP contribution in [-0.4, -0.2) is 33.1 Å². The molecule has 1 aromatic rings. The van der Waals surface area contributed by atoms with Gasteiger partial charge in [0, 0.05) is 26.3 Å². The fourth-order valence-corrected chi connectivity index (χ4v) is 3.21. The second kappa shape index (κ2) is 6.24. The quantitative estimate of drug-likeness (QED) is 0.898. The lowest BCUT2D eigenvalue weighted by Crippen LogP contribution is -2.42. The third kappa shape index (κ3) is 3.16. The lowest BCUT2D eigenvalue weighted by molar-refractivity contribution is -0.126. The second-order valence-corrected chi connectivity index (χ2v) is 6.66. The third-order valence-electron chi connectivity index (χ3n) is 4.43. The maximum absolute atomic E-state index is 12.7. The number of benzene rings is 1. The first-order valence-electron chi connectivity index (χ1n) is 7.36. The van der Waals surface area contributed by atoms with E-state index in [9.17, 15) is 4.79 Å². The Morgan fingerprint density at radius 2 is 2.14 bits per heavy atom. The van der Waals surface area contributed by atoms with E-state index in [1.165, 1.54) is 0 Å². The molecular formula is C16H24ClN3O. The zero-order chi connectivity index (χ0) is 15.6. The van der Waals surface area contributed by atoms with E-state index >= 15 is 0 Å². The van der Waals surface area contributed by atoms with Gasteiger partial charge >= 0.3 is 0 Å². The molecule has 0 bridgehead atoms. The van der Waals surface area contributed by atoms with Crippen LogP contribution in [0.5, 0.6) is 0 Å². The maximum Gasteiger partial charge on any atom is 0.232 e. The molecule has 0 aromatic heterocycles. The van der Waals surface area contributed by atoms with Crippen molar-refractivity contribution in [2.45, 2.75) is 20.3 Å². The largest absolute Gasteiger partial charge is 0.376 e. The fourth-order valence-electron chi connectivity index (χ4n) is 2.86. The number of carbonyl (C=O) groups is 1. The summed E-state index contributed by atoms with van der Waals surface area (Å²) >= 11 is 6.26. The highest BCUT2D eigenvalue weighted by molar-refractivity contribution is 6.33. The molecule has 1 amide bonds. The van der Waals surface area contributed by atoms with Crippen molar-refractivity contribution in [3.05, 3.63) is 23.2 Å². The van der Waals surface area contributed by atoms with Crippen molar-refractivity contribution in [3.8, 4) is 0 Å². The van der Waals surface area contributed by atoms with Gasteiger partial charge in [-0.05, 0) is 37.1 Å². The summed E-state index contributed by atoms with van der Waals surface area (Å²) in [4.78, 5) is 14.7. The molecular weight excluding hydrogens is 286 g/mol. The molecule has 0 spiro atoms. The number of halogens is 1. The zero-order valence-electron chi connectivity index (χ0n) is 13.2. The van der Waals surface area contributed by atoms with Gasteiger partial charge in [0.2, 0.25) is 5.91 Å². The van der Waals surface area contributed by atoms with Crippen LogP contribution in [0, 0.1) is 11.3 Å². The molecule has 1 atom stereocenters. The number of carbonyl (C=O) groups excluding carboxylic acids is 1. The lowest BCUT2D eigenvalue weighted by atomic mass is 9.75. The van der Waals surface area contributed by atoms with E-state index in [1.807, 2.05) is 37.2 Å². The normalized spacial score (nSPS) is 21.6. The number of nitrogens with one attached hydrogen (secondary N) is 2. The summed E-state index contributed by atoms with van der Waals surface area (Å²) in [5, 5.41) is 6.97. The van der Waals surface area contributed by atoms with Crippen LogP contribution in [0.15, 0.2) is 18.2 Å². The smallest absolute Gasteiger partial charge is 0.232 e. The summed E-state index contributed by atoms with van der Waals surface area (Å²) in [6, 6.07) is 5.63. The van der Waals surface area contributed by atoms with Crippen LogP contribution < -0.4 is 15.5 Å². The molecule has 2 rings (SSSR count). The minimum absolute atomic E-state index is 0.0798. The van der Waals surface area contributed by atoms with Crippen LogP contribution >= 0.6 is 11.6 Å². The zero-order valence-corrected chi connectivity index (χ0v) is 13.9. The number of nitrogens with zero attached hydrogens (tertiary/aromatic N) is 1. The molecule has 1 saturated heterocycles. The van der Waals surface area contributed by atoms with Crippen LogP contribution in [0.3, 0.4) is 0 Å². The van der Waals surface area contributed by atoms with Crippen molar-refractivity contribution in [2.24, 2.45) is 11.3 Å². The summed E-state index contributed by atoms with van der Waals surface area (Å²) < 4.78 is 0. The van der Waals surface area contributed by atoms with E-state index in [2.05, 4.69) is 24.5 Å². The third-order valence-corrected chi connectivity index (χ3v) is 4.74. The average molecular weight is 310 g/mol. The molecule has 1 aliphatic rings. The summed E-state index contributed by atoms with van der Waals surface area (Å²) in [5.74, 6) is 0.375. The number of rotatable bonds is 4. The van der Waals surface area contributed by atoms with Crippen molar-refractivity contribution in [1.29, 1.82) is 0 Å². The van der Waals surface area contributed by atoms with Crippen molar-refractivity contribution >= 4 is 28.9 Å². The van der Waals surface area contributed by atoms with E-state index in [1.54, 1.807) is 0 Å². The first-order chi connectivity index (χ1) is 9.86. The highest BCUT2D eigenvalue weighted by atomic mass is 35.5. The summed E-state index contributed by atoms with van der Waals surface area (Å²) in [5.41, 5.74) is 1.37. The molecule has 4 nitrogen and oxygen atoms in total. The number of hydrogen-bond donors (Lipinski definition) is 2. The molecule has 2 N–H and O–H groups in total. The average Bonchev–Trinajstić information content (AvgIpc) is 2.88. The Morgan fingerprint density at radius 1 is 1.43 bits per heavy atom. The first-order valence-corrected chi connectivity index (χ1v) is 7.73. The Kier molecular flexibility index (Phi) is 4.79. The Balaban J connectivity index is 2.18. The molecule has 21 heavy (non-hydrogen) atoms. The summed E-state index contributed by atoms with van der Waals surface area (Å²) in [6.07, 6.45) is 0.875. The van der Waals surface area contributed by atoms with Crippen LogP contribution in [0.4, 0.5) is 11.4 Å². The summed E-state index contributed by atoms with van der Waals surface area (Å²) in [7, 11) is 3.88.